The van der Waals surface area contributed by atoms with Crippen LogP contribution in [0.25, 0.3) is 22.2 Å². The molecule has 4 aromatic rings. The van der Waals surface area contributed by atoms with Crippen molar-refractivity contribution in [1.82, 2.24) is 24.7 Å². The van der Waals surface area contributed by atoms with Gasteiger partial charge in [-0.1, -0.05) is 0 Å². The van der Waals surface area contributed by atoms with E-state index in [-0.39, 0.29) is 6.04 Å². The van der Waals surface area contributed by atoms with Crippen molar-refractivity contribution in [2.24, 2.45) is 0 Å². The Morgan fingerprint density at radius 2 is 1.84 bits per heavy atom. The van der Waals surface area contributed by atoms with Crippen LogP contribution in [0.4, 0.5) is 27.8 Å². The van der Waals surface area contributed by atoms with Crippen molar-refractivity contribution in [3.8, 4) is 17.1 Å². The van der Waals surface area contributed by atoms with Gasteiger partial charge in [-0.15, -0.1) is 0 Å². The third-order valence-electron chi connectivity index (χ3n) is 6.36. The van der Waals surface area contributed by atoms with Gasteiger partial charge in [0.1, 0.15) is 23.4 Å². The summed E-state index contributed by atoms with van der Waals surface area (Å²) in [6, 6.07) is 3.77. The smallest absolute Gasteiger partial charge is 0.419 e. The van der Waals surface area contributed by atoms with E-state index in [1.54, 1.807) is 6.20 Å². The molecular formula is C25H23F5N6O. The maximum absolute atomic E-state index is 14.4. The summed E-state index contributed by atoms with van der Waals surface area (Å²) in [4.78, 5) is 12.0. The first kappa shape index (κ1) is 24.8. The number of anilines is 1. The van der Waals surface area contributed by atoms with Crippen molar-refractivity contribution in [1.29, 1.82) is 0 Å². The number of rotatable bonds is 6. The highest BCUT2D eigenvalue weighted by molar-refractivity contribution is 5.93. The van der Waals surface area contributed by atoms with E-state index in [9.17, 15) is 22.0 Å². The van der Waals surface area contributed by atoms with Gasteiger partial charge in [-0.2, -0.15) is 18.3 Å². The van der Waals surface area contributed by atoms with Crippen molar-refractivity contribution in [3.63, 3.8) is 0 Å². The van der Waals surface area contributed by atoms with Gasteiger partial charge < -0.3 is 10.1 Å². The number of pyridine rings is 3. The molecule has 0 bridgehead atoms. The van der Waals surface area contributed by atoms with Crippen LogP contribution in [0.1, 0.15) is 44.2 Å². The fourth-order valence-corrected chi connectivity index (χ4v) is 4.63. The van der Waals surface area contributed by atoms with Gasteiger partial charge in [0, 0.05) is 42.2 Å². The molecule has 1 aliphatic carbocycles. The maximum Gasteiger partial charge on any atom is 0.419 e. The lowest BCUT2D eigenvalue weighted by Crippen LogP contribution is -2.27. The minimum absolute atomic E-state index is 0.0613. The number of hydrogen-bond acceptors (Lipinski definition) is 6. The van der Waals surface area contributed by atoms with Crippen molar-refractivity contribution >= 4 is 16.7 Å². The summed E-state index contributed by atoms with van der Waals surface area (Å²) >= 11 is 0. The molecule has 0 radical (unpaired) electrons. The molecule has 0 saturated heterocycles. The Morgan fingerprint density at radius 3 is 2.54 bits per heavy atom. The van der Waals surface area contributed by atoms with Gasteiger partial charge in [-0.3, -0.25) is 9.67 Å². The third-order valence-corrected chi connectivity index (χ3v) is 6.36. The first-order chi connectivity index (χ1) is 17.7. The highest BCUT2D eigenvalue weighted by Crippen LogP contribution is 2.38. The standard InChI is InChI=1S/C25H23F5N6O/c1-2-32-21-10-20-18(13-34-21)23(14-9-15(26)12-31-11-14)35-36(20)16-3-5-17(6-4-16)37-24-22(27)19(7-8-33-24)25(28,29)30/h7-13,16-17H,2-6H2,1H3,(H,32,34). The summed E-state index contributed by atoms with van der Waals surface area (Å²) in [6.07, 6.45) is 2.01. The number of nitrogens with zero attached hydrogens (tertiary/aromatic N) is 5. The molecule has 1 aliphatic rings. The molecule has 12 heteroatoms. The summed E-state index contributed by atoms with van der Waals surface area (Å²) in [5.74, 6) is -1.97. The molecule has 37 heavy (non-hydrogen) atoms. The van der Waals surface area contributed by atoms with Crippen LogP contribution in [0.2, 0.25) is 0 Å². The predicted molar refractivity (Wildman–Crippen MR) is 126 cm³/mol. The van der Waals surface area contributed by atoms with E-state index >= 15 is 0 Å². The second-order valence-electron chi connectivity index (χ2n) is 8.83. The Labute approximate surface area is 208 Å². The van der Waals surface area contributed by atoms with E-state index in [1.807, 2.05) is 17.7 Å². The molecule has 0 amide bonds. The van der Waals surface area contributed by atoms with Crippen LogP contribution in [0.15, 0.2) is 43.0 Å². The lowest BCUT2D eigenvalue weighted by molar-refractivity contribution is -0.140. The Morgan fingerprint density at radius 1 is 1.05 bits per heavy atom. The summed E-state index contributed by atoms with van der Waals surface area (Å²) < 4.78 is 74.8. The average molecular weight is 518 g/mol. The topological polar surface area (TPSA) is 77.8 Å². The molecule has 1 saturated carbocycles. The third kappa shape index (κ3) is 5.05. The molecule has 0 aliphatic heterocycles. The molecular weight excluding hydrogens is 495 g/mol. The molecule has 1 fully saturated rings. The van der Waals surface area contributed by atoms with Crippen LogP contribution in [-0.2, 0) is 6.18 Å². The Balaban J connectivity index is 1.40. The van der Waals surface area contributed by atoms with Crippen molar-refractivity contribution in [3.05, 3.63) is 60.2 Å². The monoisotopic (exact) mass is 518 g/mol. The van der Waals surface area contributed by atoms with Crippen molar-refractivity contribution in [2.45, 2.75) is 50.9 Å². The first-order valence-electron chi connectivity index (χ1n) is 11.9. The Kier molecular flexibility index (Phi) is 6.65. The average Bonchev–Trinajstić information content (AvgIpc) is 3.24. The molecule has 7 nitrogen and oxygen atoms in total. The van der Waals surface area contributed by atoms with Crippen LogP contribution < -0.4 is 10.1 Å². The minimum Gasteiger partial charge on any atom is -0.472 e. The van der Waals surface area contributed by atoms with E-state index in [1.165, 1.54) is 12.3 Å². The number of fused-ring (bicyclic) bond motifs is 1. The normalized spacial score (nSPS) is 18.2. The fraction of sp³-hybridized carbons (Fsp3) is 0.360. The van der Waals surface area contributed by atoms with E-state index < -0.39 is 35.4 Å². The van der Waals surface area contributed by atoms with Gasteiger partial charge in [0.05, 0.1) is 23.3 Å². The molecule has 1 N–H and O–H groups in total. The highest BCUT2D eigenvalue weighted by Gasteiger charge is 2.36. The van der Waals surface area contributed by atoms with Gasteiger partial charge in [0.15, 0.2) is 5.82 Å². The van der Waals surface area contributed by atoms with Crippen LogP contribution in [0, 0.1) is 11.6 Å². The number of alkyl halides is 3. The zero-order valence-corrected chi connectivity index (χ0v) is 19.8. The van der Waals surface area contributed by atoms with E-state index in [2.05, 4.69) is 20.3 Å². The van der Waals surface area contributed by atoms with Gasteiger partial charge in [-0.05, 0) is 44.7 Å². The van der Waals surface area contributed by atoms with Crippen LogP contribution >= 0.6 is 0 Å². The quantitative estimate of drug-likeness (QED) is 0.307. The van der Waals surface area contributed by atoms with Crippen LogP contribution in [0.5, 0.6) is 5.88 Å². The van der Waals surface area contributed by atoms with Gasteiger partial charge >= 0.3 is 6.18 Å². The molecule has 5 rings (SSSR count). The molecule has 4 heterocycles. The lowest BCUT2D eigenvalue weighted by Gasteiger charge is -2.29. The van der Waals surface area contributed by atoms with Gasteiger partial charge in [-0.25, -0.2) is 18.7 Å². The number of ether oxygens (including phenoxy) is 1. The second-order valence-corrected chi connectivity index (χ2v) is 8.83. The summed E-state index contributed by atoms with van der Waals surface area (Å²) in [7, 11) is 0. The van der Waals surface area contributed by atoms with Crippen LogP contribution in [-0.4, -0.2) is 37.4 Å². The first-order valence-corrected chi connectivity index (χ1v) is 11.9. The molecule has 194 valence electrons. The van der Waals surface area contributed by atoms with Crippen molar-refractivity contribution < 1.29 is 26.7 Å². The molecule has 0 atom stereocenters. The number of hydrogen-bond donors (Lipinski definition) is 1. The number of halogens is 5. The lowest BCUT2D eigenvalue weighted by atomic mass is 9.93. The SMILES string of the molecule is CCNc1cc2c(cn1)c(-c1cncc(F)c1)nn2C1CCC(Oc2nccc(C(F)(F)F)c2F)CC1. The molecule has 0 spiro atoms. The molecule has 0 unspecified atom stereocenters. The number of aromatic nitrogens is 5. The van der Waals surface area contributed by atoms with E-state index in [4.69, 9.17) is 9.84 Å². The summed E-state index contributed by atoms with van der Waals surface area (Å²) in [5.41, 5.74) is 0.467. The molecule has 4 aromatic heterocycles. The van der Waals surface area contributed by atoms with Gasteiger partial charge in [0.25, 0.3) is 5.88 Å². The summed E-state index contributed by atoms with van der Waals surface area (Å²) in [5, 5.41) is 8.71. The highest BCUT2D eigenvalue weighted by atomic mass is 19.4. The van der Waals surface area contributed by atoms with E-state index in [0.717, 1.165) is 23.3 Å². The molecule has 0 aromatic carbocycles. The maximum atomic E-state index is 14.4. The van der Waals surface area contributed by atoms with E-state index in [0.29, 0.717) is 55.4 Å². The zero-order chi connectivity index (χ0) is 26.2. The Bertz CT molecular complexity index is 1410. The zero-order valence-electron chi connectivity index (χ0n) is 19.8. The second kappa shape index (κ2) is 9.91. The summed E-state index contributed by atoms with van der Waals surface area (Å²) in [6.45, 7) is 2.63. The van der Waals surface area contributed by atoms with Crippen LogP contribution in [0.3, 0.4) is 0 Å². The largest absolute Gasteiger partial charge is 0.472 e. The minimum atomic E-state index is -4.83. The van der Waals surface area contributed by atoms with Crippen molar-refractivity contribution in [2.75, 3.05) is 11.9 Å². The predicted octanol–water partition coefficient (Wildman–Crippen LogP) is 6.18. The number of nitrogens with one attached hydrogen (secondary N) is 1. The van der Waals surface area contributed by atoms with Gasteiger partial charge in [0.2, 0.25) is 0 Å². The fourth-order valence-electron chi connectivity index (χ4n) is 4.63. The Hall–Kier alpha value is -3.83.